The van der Waals surface area contributed by atoms with Crippen LogP contribution in [0.1, 0.15) is 12.1 Å². The van der Waals surface area contributed by atoms with Crippen LogP contribution in [0.2, 0.25) is 0 Å². The first-order chi connectivity index (χ1) is 13.3. The average Bonchev–Trinajstić information content (AvgIpc) is 3.35. The van der Waals surface area contributed by atoms with Crippen molar-refractivity contribution >= 4 is 56.1 Å². The van der Waals surface area contributed by atoms with Gasteiger partial charge < -0.3 is 15.2 Å². The molecule has 7 nitrogen and oxygen atoms in total. The number of anilines is 2. The second-order valence-corrected chi connectivity index (χ2v) is 7.29. The Hall–Kier alpha value is -3.26. The molecule has 0 bridgehead atoms. The van der Waals surface area contributed by atoms with E-state index in [4.69, 9.17) is 0 Å². The first kappa shape index (κ1) is 16.0. The summed E-state index contributed by atoms with van der Waals surface area (Å²) in [5.41, 5.74) is 6.82. The van der Waals surface area contributed by atoms with E-state index >= 15 is 0 Å². The molecule has 0 atom stereocenters. The van der Waals surface area contributed by atoms with Crippen molar-refractivity contribution in [2.24, 2.45) is 0 Å². The molecule has 1 amide bonds. The second kappa shape index (κ2) is 6.48. The minimum atomic E-state index is 0.639. The van der Waals surface area contributed by atoms with E-state index in [9.17, 15) is 4.79 Å². The van der Waals surface area contributed by atoms with Crippen LogP contribution in [0.4, 0.5) is 11.5 Å². The van der Waals surface area contributed by atoms with Crippen LogP contribution in [0, 0.1) is 0 Å². The highest BCUT2D eigenvalue weighted by molar-refractivity contribution is 7.16. The van der Waals surface area contributed by atoms with Crippen molar-refractivity contribution in [3.63, 3.8) is 0 Å². The van der Waals surface area contributed by atoms with Crippen LogP contribution in [0.3, 0.4) is 0 Å². The number of thiazole rings is 1. The van der Waals surface area contributed by atoms with Crippen LogP contribution in [0.25, 0.3) is 26.8 Å². The third-order valence-electron chi connectivity index (χ3n) is 4.76. The number of carbonyl (C=O) groups is 1. The highest BCUT2D eigenvalue weighted by Gasteiger charge is 2.15. The maximum absolute atomic E-state index is 10.9. The van der Waals surface area contributed by atoms with E-state index in [1.54, 1.807) is 22.6 Å². The molecule has 4 aromatic rings. The van der Waals surface area contributed by atoms with Gasteiger partial charge in [0.15, 0.2) is 0 Å². The van der Waals surface area contributed by atoms with Crippen molar-refractivity contribution in [3.05, 3.63) is 47.9 Å². The lowest BCUT2D eigenvalue weighted by molar-refractivity contribution is -0.117. The normalized spacial score (nSPS) is 14.5. The van der Waals surface area contributed by atoms with Crippen molar-refractivity contribution in [2.45, 2.75) is 6.42 Å². The summed E-state index contributed by atoms with van der Waals surface area (Å²) in [6, 6.07) is 8.15. The molecule has 0 fully saturated rings. The van der Waals surface area contributed by atoms with Gasteiger partial charge in [-0.1, -0.05) is 6.08 Å². The number of hydrogen-bond acceptors (Lipinski definition) is 6. The van der Waals surface area contributed by atoms with Gasteiger partial charge in [-0.25, -0.2) is 15.0 Å². The minimum Gasteiger partial charge on any atom is -0.341 e. The van der Waals surface area contributed by atoms with Crippen molar-refractivity contribution in [1.82, 2.24) is 24.8 Å². The summed E-state index contributed by atoms with van der Waals surface area (Å²) in [5, 5.41) is 4.34. The lowest BCUT2D eigenvalue weighted by Crippen LogP contribution is -2.26. The summed E-state index contributed by atoms with van der Waals surface area (Å²) >= 11 is 1.61. The van der Waals surface area contributed by atoms with Crippen LogP contribution in [-0.2, 0) is 4.79 Å². The number of rotatable bonds is 4. The number of nitrogens with one attached hydrogen (secondary N) is 2. The Morgan fingerprint density at radius 3 is 3.04 bits per heavy atom. The number of benzene rings is 1. The van der Waals surface area contributed by atoms with Crippen LogP contribution >= 0.6 is 11.3 Å². The van der Waals surface area contributed by atoms with E-state index in [0.29, 0.717) is 6.54 Å². The highest BCUT2D eigenvalue weighted by atomic mass is 32.1. The molecular formula is C19H16N6OS. The Kier molecular flexibility index (Phi) is 3.83. The Labute approximate surface area is 158 Å². The zero-order valence-corrected chi connectivity index (χ0v) is 15.2. The number of amides is 1. The number of aromatic amines is 1. The molecule has 1 aromatic carbocycles. The molecular weight excluding hydrogens is 360 g/mol. The number of aromatic nitrogens is 4. The second-order valence-electron chi connectivity index (χ2n) is 6.41. The Morgan fingerprint density at radius 1 is 1.22 bits per heavy atom. The van der Waals surface area contributed by atoms with Crippen molar-refractivity contribution in [3.8, 4) is 0 Å². The summed E-state index contributed by atoms with van der Waals surface area (Å²) in [5.74, 6) is 0.761. The van der Waals surface area contributed by atoms with Gasteiger partial charge in [0.2, 0.25) is 6.41 Å². The van der Waals surface area contributed by atoms with E-state index in [1.165, 1.54) is 5.57 Å². The fourth-order valence-corrected chi connectivity index (χ4v) is 4.02. The van der Waals surface area contributed by atoms with E-state index < -0.39 is 0 Å². The van der Waals surface area contributed by atoms with Gasteiger partial charge in [0.1, 0.15) is 17.8 Å². The van der Waals surface area contributed by atoms with Crippen molar-refractivity contribution in [2.75, 3.05) is 18.4 Å². The summed E-state index contributed by atoms with van der Waals surface area (Å²) in [6.07, 6.45) is 5.36. The van der Waals surface area contributed by atoms with Gasteiger partial charge in [0.25, 0.3) is 0 Å². The summed E-state index contributed by atoms with van der Waals surface area (Å²) < 4.78 is 1.13. The third kappa shape index (κ3) is 2.93. The monoisotopic (exact) mass is 376 g/mol. The summed E-state index contributed by atoms with van der Waals surface area (Å²) in [6.45, 7) is 1.37. The molecule has 0 spiro atoms. The largest absolute Gasteiger partial charge is 0.341 e. The molecule has 0 saturated carbocycles. The molecule has 27 heavy (non-hydrogen) atoms. The number of nitrogens with zero attached hydrogens (tertiary/aromatic N) is 4. The highest BCUT2D eigenvalue weighted by Crippen LogP contribution is 2.30. The molecule has 0 saturated heterocycles. The fraction of sp³-hybridized carbons (Fsp3) is 0.158. The molecule has 4 heterocycles. The standard InChI is InChI=1S/C19H16N6OS/c26-11-25-5-3-12(4-6-25)16-8-14-18(20-9-21-19(14)24-16)23-13-1-2-15-17(7-13)27-10-22-15/h1-3,7-11H,4-6H2,(H2,20,21,23,24). The van der Waals surface area contributed by atoms with Crippen LogP contribution in [0.15, 0.2) is 42.2 Å². The molecule has 0 aliphatic carbocycles. The Morgan fingerprint density at radius 2 is 2.19 bits per heavy atom. The number of carbonyl (C=O) groups excluding carboxylic acids is 1. The topological polar surface area (TPSA) is 86.8 Å². The summed E-state index contributed by atoms with van der Waals surface area (Å²) in [7, 11) is 0. The van der Waals surface area contributed by atoms with Gasteiger partial charge in [0, 0.05) is 24.5 Å². The fourth-order valence-electron chi connectivity index (χ4n) is 3.31. The van der Waals surface area contributed by atoms with E-state index in [0.717, 1.165) is 57.8 Å². The van der Waals surface area contributed by atoms with Gasteiger partial charge >= 0.3 is 0 Å². The van der Waals surface area contributed by atoms with Crippen molar-refractivity contribution in [1.29, 1.82) is 0 Å². The minimum absolute atomic E-state index is 0.639. The van der Waals surface area contributed by atoms with Crippen LogP contribution in [-0.4, -0.2) is 44.3 Å². The number of hydrogen-bond donors (Lipinski definition) is 2. The SMILES string of the molecule is O=CN1CC=C(c2cc3c(Nc4ccc5ncsc5c4)ncnc3[nH]2)CC1. The van der Waals surface area contributed by atoms with Gasteiger partial charge in [-0.05, 0) is 36.3 Å². The third-order valence-corrected chi connectivity index (χ3v) is 5.55. The number of H-pyrrole nitrogens is 1. The Bertz CT molecular complexity index is 1180. The van der Waals surface area contributed by atoms with Crippen LogP contribution in [0.5, 0.6) is 0 Å². The first-order valence-corrected chi connectivity index (χ1v) is 9.51. The zero-order chi connectivity index (χ0) is 18.2. The molecule has 1 aliphatic heterocycles. The lowest BCUT2D eigenvalue weighted by Gasteiger charge is -2.21. The quantitative estimate of drug-likeness (QED) is 0.532. The zero-order valence-electron chi connectivity index (χ0n) is 14.3. The van der Waals surface area contributed by atoms with Gasteiger partial charge in [-0.15, -0.1) is 11.3 Å². The molecule has 134 valence electrons. The first-order valence-electron chi connectivity index (χ1n) is 8.63. The molecule has 0 unspecified atom stereocenters. The van der Waals surface area contributed by atoms with Gasteiger partial charge in [0.05, 0.1) is 21.1 Å². The van der Waals surface area contributed by atoms with Crippen molar-refractivity contribution < 1.29 is 4.79 Å². The number of fused-ring (bicyclic) bond motifs is 2. The maximum atomic E-state index is 10.9. The lowest BCUT2D eigenvalue weighted by atomic mass is 10.1. The predicted molar refractivity (Wildman–Crippen MR) is 107 cm³/mol. The van der Waals surface area contributed by atoms with Gasteiger partial charge in [-0.2, -0.15) is 0 Å². The van der Waals surface area contributed by atoms with Gasteiger partial charge in [-0.3, -0.25) is 4.79 Å². The molecule has 2 N–H and O–H groups in total. The smallest absolute Gasteiger partial charge is 0.209 e. The van der Waals surface area contributed by atoms with E-state index in [1.807, 2.05) is 17.6 Å². The van der Waals surface area contributed by atoms with Crippen LogP contribution < -0.4 is 5.32 Å². The predicted octanol–water partition coefficient (Wildman–Crippen LogP) is 3.56. The maximum Gasteiger partial charge on any atom is 0.209 e. The Balaban J connectivity index is 1.49. The van der Waals surface area contributed by atoms with E-state index in [2.05, 4.69) is 43.5 Å². The summed E-state index contributed by atoms with van der Waals surface area (Å²) in [4.78, 5) is 29.1. The molecule has 3 aromatic heterocycles. The average molecular weight is 376 g/mol. The molecule has 0 radical (unpaired) electrons. The molecule has 8 heteroatoms. The molecule has 5 rings (SSSR count). The molecule has 1 aliphatic rings. The van der Waals surface area contributed by atoms with E-state index in [-0.39, 0.29) is 0 Å².